The first-order chi connectivity index (χ1) is 6.77. The largest absolute Gasteiger partial charge is 0.338 e. The Morgan fingerprint density at radius 1 is 1.50 bits per heavy atom. The minimum atomic E-state index is 0.0605. The fraction of sp³-hybridized carbons (Fsp3) is 0.889. The van der Waals surface area contributed by atoms with Gasteiger partial charge in [-0.15, -0.1) is 11.8 Å². The smallest absolute Gasteiger partial charge is 0.240 e. The van der Waals surface area contributed by atoms with E-state index in [1.54, 1.807) is 11.8 Å². The number of piperazine rings is 1. The summed E-state index contributed by atoms with van der Waals surface area (Å²) < 4.78 is 0. The van der Waals surface area contributed by atoms with Crippen molar-refractivity contribution < 1.29 is 4.79 Å². The van der Waals surface area contributed by atoms with Crippen LogP contribution < -0.4 is 10.6 Å². The molecule has 2 saturated heterocycles. The molecule has 1 amide bonds. The Hall–Kier alpha value is -0.260. The molecule has 2 fully saturated rings. The fourth-order valence-electron chi connectivity index (χ4n) is 1.91. The molecule has 2 aliphatic rings. The highest BCUT2D eigenvalue weighted by Crippen LogP contribution is 2.12. The van der Waals surface area contributed by atoms with Crippen LogP contribution in [0, 0.1) is 0 Å². The number of amides is 1. The van der Waals surface area contributed by atoms with Gasteiger partial charge in [-0.1, -0.05) is 0 Å². The number of nitrogens with one attached hydrogen (secondary N) is 2. The molecular formula is C9H17N3OS. The van der Waals surface area contributed by atoms with Crippen molar-refractivity contribution >= 4 is 17.7 Å². The summed E-state index contributed by atoms with van der Waals surface area (Å²) in [6.07, 6.45) is 0. The summed E-state index contributed by atoms with van der Waals surface area (Å²) in [5, 5.41) is 6.56. The molecule has 2 atom stereocenters. The molecule has 0 bridgehead atoms. The average Bonchev–Trinajstić information content (AvgIpc) is 2.69. The van der Waals surface area contributed by atoms with Crippen LogP contribution >= 0.6 is 11.8 Å². The van der Waals surface area contributed by atoms with Gasteiger partial charge in [0.25, 0.3) is 0 Å². The van der Waals surface area contributed by atoms with Gasteiger partial charge in [0.05, 0.1) is 6.04 Å². The van der Waals surface area contributed by atoms with Crippen molar-refractivity contribution in [1.29, 1.82) is 0 Å². The monoisotopic (exact) mass is 215 g/mol. The summed E-state index contributed by atoms with van der Waals surface area (Å²) in [6.45, 7) is 4.75. The van der Waals surface area contributed by atoms with Crippen molar-refractivity contribution in [2.75, 3.05) is 31.3 Å². The lowest BCUT2D eigenvalue weighted by atomic mass is 10.2. The highest BCUT2D eigenvalue weighted by atomic mass is 32.2. The quantitative estimate of drug-likeness (QED) is 0.617. The Kier molecular flexibility index (Phi) is 3.30. The van der Waals surface area contributed by atoms with E-state index >= 15 is 0 Å². The van der Waals surface area contributed by atoms with Crippen molar-refractivity contribution in [2.24, 2.45) is 0 Å². The van der Waals surface area contributed by atoms with Crippen molar-refractivity contribution in [1.82, 2.24) is 15.5 Å². The lowest BCUT2D eigenvalue weighted by Gasteiger charge is -2.33. The second-order valence-electron chi connectivity index (χ2n) is 3.91. The van der Waals surface area contributed by atoms with Crippen LogP contribution in [0.1, 0.15) is 6.92 Å². The zero-order valence-corrected chi connectivity index (χ0v) is 9.27. The molecule has 0 aromatic heterocycles. The summed E-state index contributed by atoms with van der Waals surface area (Å²) in [5.41, 5.74) is 0. The van der Waals surface area contributed by atoms with Crippen molar-refractivity contribution in [3.05, 3.63) is 0 Å². The number of thioether (sulfide) groups is 1. The van der Waals surface area contributed by atoms with E-state index in [1.165, 1.54) is 0 Å². The van der Waals surface area contributed by atoms with Gasteiger partial charge in [-0.25, -0.2) is 0 Å². The zero-order valence-electron chi connectivity index (χ0n) is 8.45. The van der Waals surface area contributed by atoms with Crippen LogP contribution in [0.3, 0.4) is 0 Å². The minimum absolute atomic E-state index is 0.0605. The third-order valence-corrected chi connectivity index (χ3v) is 3.63. The van der Waals surface area contributed by atoms with Gasteiger partial charge in [-0.05, 0) is 6.92 Å². The molecule has 0 radical (unpaired) electrons. The molecule has 2 heterocycles. The number of hydrogen-bond donors (Lipinski definition) is 2. The van der Waals surface area contributed by atoms with E-state index in [2.05, 4.69) is 17.6 Å². The maximum absolute atomic E-state index is 12.0. The number of nitrogens with zero attached hydrogens (tertiary/aromatic N) is 1. The molecular weight excluding hydrogens is 198 g/mol. The molecule has 0 aromatic rings. The Morgan fingerprint density at radius 3 is 3.00 bits per heavy atom. The topological polar surface area (TPSA) is 44.4 Å². The van der Waals surface area contributed by atoms with E-state index < -0.39 is 0 Å². The predicted octanol–water partition coefficient (Wildman–Crippen LogP) is -0.531. The lowest BCUT2D eigenvalue weighted by Crippen LogP contribution is -2.55. The Morgan fingerprint density at radius 2 is 2.36 bits per heavy atom. The van der Waals surface area contributed by atoms with E-state index in [4.69, 9.17) is 0 Å². The summed E-state index contributed by atoms with van der Waals surface area (Å²) in [6, 6.07) is 0.493. The molecule has 4 nitrogen and oxygen atoms in total. The van der Waals surface area contributed by atoms with Gasteiger partial charge >= 0.3 is 0 Å². The van der Waals surface area contributed by atoms with Gasteiger partial charge in [0.1, 0.15) is 0 Å². The third kappa shape index (κ3) is 2.21. The predicted molar refractivity (Wildman–Crippen MR) is 58.3 cm³/mol. The number of hydrogen-bond acceptors (Lipinski definition) is 4. The van der Waals surface area contributed by atoms with Crippen molar-refractivity contribution in [3.63, 3.8) is 0 Å². The van der Waals surface area contributed by atoms with Crippen molar-refractivity contribution in [3.8, 4) is 0 Å². The van der Waals surface area contributed by atoms with Crippen LogP contribution in [0.15, 0.2) is 0 Å². The number of carbonyl (C=O) groups excluding carboxylic acids is 1. The standard InChI is InChI=1S/C9H17N3OS/c1-7-4-12(3-2-10-7)9(13)8-5-14-6-11-8/h7-8,10-11H,2-6H2,1H3/t7-,8+/m0/s1. The minimum Gasteiger partial charge on any atom is -0.338 e. The molecule has 2 N–H and O–H groups in total. The zero-order chi connectivity index (χ0) is 9.97. The summed E-state index contributed by atoms with van der Waals surface area (Å²) in [5.74, 6) is 2.12. The molecule has 0 spiro atoms. The molecule has 2 aliphatic heterocycles. The SMILES string of the molecule is C[C@H]1CN(C(=O)[C@H]2CSCN2)CCN1. The Balaban J connectivity index is 1.89. The molecule has 80 valence electrons. The second-order valence-corrected chi connectivity index (χ2v) is 4.94. The third-order valence-electron chi connectivity index (χ3n) is 2.69. The van der Waals surface area contributed by atoms with Crippen LogP contribution in [0.5, 0.6) is 0 Å². The van der Waals surface area contributed by atoms with Crippen LogP contribution in [-0.2, 0) is 4.79 Å². The van der Waals surface area contributed by atoms with Crippen LogP contribution in [-0.4, -0.2) is 54.2 Å². The maximum atomic E-state index is 12.0. The first kappa shape index (κ1) is 10.3. The van der Waals surface area contributed by atoms with E-state index in [0.29, 0.717) is 6.04 Å². The van der Waals surface area contributed by atoms with Gasteiger partial charge < -0.3 is 10.2 Å². The lowest BCUT2D eigenvalue weighted by molar-refractivity contribution is -0.133. The fourth-order valence-corrected chi connectivity index (χ4v) is 2.84. The van der Waals surface area contributed by atoms with Crippen molar-refractivity contribution in [2.45, 2.75) is 19.0 Å². The van der Waals surface area contributed by atoms with E-state index in [0.717, 1.165) is 31.3 Å². The summed E-state index contributed by atoms with van der Waals surface area (Å²) in [4.78, 5) is 13.9. The van der Waals surface area contributed by atoms with Gasteiger partial charge in [-0.3, -0.25) is 10.1 Å². The second kappa shape index (κ2) is 4.51. The molecule has 2 rings (SSSR count). The summed E-state index contributed by atoms with van der Waals surface area (Å²) in [7, 11) is 0. The average molecular weight is 215 g/mol. The van der Waals surface area contributed by atoms with E-state index in [1.807, 2.05) is 4.90 Å². The van der Waals surface area contributed by atoms with E-state index in [9.17, 15) is 4.79 Å². The van der Waals surface area contributed by atoms with Gasteiger partial charge in [-0.2, -0.15) is 0 Å². The van der Waals surface area contributed by atoms with Gasteiger partial charge in [0.15, 0.2) is 0 Å². The molecule has 14 heavy (non-hydrogen) atoms. The molecule has 0 saturated carbocycles. The molecule has 0 aliphatic carbocycles. The first-order valence-corrected chi connectivity index (χ1v) is 6.26. The highest BCUT2D eigenvalue weighted by Gasteiger charge is 2.29. The first-order valence-electron chi connectivity index (χ1n) is 5.10. The number of carbonyl (C=O) groups is 1. The Bertz CT molecular complexity index is 218. The summed E-state index contributed by atoms with van der Waals surface area (Å²) >= 11 is 1.80. The van der Waals surface area contributed by atoms with E-state index in [-0.39, 0.29) is 11.9 Å². The molecule has 5 heteroatoms. The van der Waals surface area contributed by atoms with Crippen LogP contribution in [0.2, 0.25) is 0 Å². The number of rotatable bonds is 1. The van der Waals surface area contributed by atoms with Crippen LogP contribution in [0.25, 0.3) is 0 Å². The van der Waals surface area contributed by atoms with Crippen LogP contribution in [0.4, 0.5) is 0 Å². The van der Waals surface area contributed by atoms with Gasteiger partial charge in [0, 0.05) is 37.3 Å². The maximum Gasteiger partial charge on any atom is 0.240 e. The molecule has 0 aromatic carbocycles. The molecule has 0 unspecified atom stereocenters. The normalized spacial score (nSPS) is 33.4. The highest BCUT2D eigenvalue weighted by molar-refractivity contribution is 7.99. The van der Waals surface area contributed by atoms with Gasteiger partial charge in [0.2, 0.25) is 5.91 Å². The Labute approximate surface area is 88.8 Å².